The fourth-order valence-corrected chi connectivity index (χ4v) is 2.84. The maximum absolute atomic E-state index is 12.1. The molecule has 0 bridgehead atoms. The molecule has 0 aliphatic carbocycles. The van der Waals surface area contributed by atoms with Crippen LogP contribution in [0.1, 0.15) is 10.4 Å². The van der Waals surface area contributed by atoms with Gasteiger partial charge in [0.25, 0.3) is 10.2 Å². The van der Waals surface area contributed by atoms with Crippen LogP contribution in [-0.2, 0) is 14.9 Å². The lowest BCUT2D eigenvalue weighted by atomic mass is 10.2. The van der Waals surface area contributed by atoms with Crippen molar-refractivity contribution in [1.29, 1.82) is 0 Å². The summed E-state index contributed by atoms with van der Waals surface area (Å²) < 4.78 is 41.9. The second kappa shape index (κ2) is 7.16. The highest BCUT2D eigenvalue weighted by Crippen LogP contribution is 2.33. The molecule has 9 heteroatoms. The molecule has 1 heterocycles. The summed E-state index contributed by atoms with van der Waals surface area (Å²) >= 11 is 0. The Labute approximate surface area is 135 Å². The summed E-state index contributed by atoms with van der Waals surface area (Å²) in [5, 5.41) is 0. The smallest absolute Gasteiger partial charge is 0.342 e. The van der Waals surface area contributed by atoms with E-state index in [9.17, 15) is 13.2 Å². The first-order chi connectivity index (χ1) is 10.8. The molecular weight excluding hydrogens is 324 g/mol. The van der Waals surface area contributed by atoms with Gasteiger partial charge in [-0.25, -0.2) is 4.79 Å². The molecule has 0 saturated carbocycles. The van der Waals surface area contributed by atoms with E-state index in [2.05, 4.69) is 0 Å². The summed E-state index contributed by atoms with van der Waals surface area (Å²) in [5.74, 6) is 0.277. The number of nitrogens with zero attached hydrogens (tertiary/aromatic N) is 2. The van der Waals surface area contributed by atoms with Crippen molar-refractivity contribution in [2.45, 2.75) is 0 Å². The summed E-state index contributed by atoms with van der Waals surface area (Å²) in [4.78, 5) is 12.1. The molecule has 0 spiro atoms. The lowest BCUT2D eigenvalue weighted by Gasteiger charge is -2.22. The zero-order chi connectivity index (χ0) is 17.0. The fraction of sp³-hybridized carbons (Fsp3) is 0.500. The fourth-order valence-electron chi connectivity index (χ4n) is 1.97. The van der Waals surface area contributed by atoms with Crippen LogP contribution in [0.25, 0.3) is 0 Å². The van der Waals surface area contributed by atoms with Crippen LogP contribution in [0.5, 0.6) is 11.5 Å². The van der Waals surface area contributed by atoms with Crippen LogP contribution in [0.3, 0.4) is 0 Å². The number of likely N-dealkylation sites (N-methyl/N-ethyl adjacent to an activating group) is 1. The molecule has 23 heavy (non-hydrogen) atoms. The van der Waals surface area contributed by atoms with E-state index in [1.54, 1.807) is 18.2 Å². The third-order valence-electron chi connectivity index (χ3n) is 3.28. The zero-order valence-corrected chi connectivity index (χ0v) is 14.1. The van der Waals surface area contributed by atoms with Gasteiger partial charge in [-0.15, -0.1) is 0 Å². The number of hydrogen-bond donors (Lipinski definition) is 0. The highest BCUT2D eigenvalue weighted by atomic mass is 32.2. The maximum Gasteiger partial charge on any atom is 0.342 e. The van der Waals surface area contributed by atoms with Gasteiger partial charge < -0.3 is 14.2 Å². The van der Waals surface area contributed by atoms with Crippen molar-refractivity contribution < 1.29 is 27.4 Å². The molecule has 8 nitrogen and oxygen atoms in total. The normalized spacial score (nSPS) is 14.1. The Morgan fingerprint density at radius 1 is 1.22 bits per heavy atom. The molecule has 1 aromatic rings. The molecule has 1 aliphatic heterocycles. The van der Waals surface area contributed by atoms with Crippen LogP contribution >= 0.6 is 0 Å². The number of carbonyl (C=O) groups excluding carboxylic acids is 1. The van der Waals surface area contributed by atoms with Crippen molar-refractivity contribution in [2.75, 3.05) is 47.5 Å². The second-order valence-corrected chi connectivity index (χ2v) is 7.33. The first-order valence-corrected chi connectivity index (χ1v) is 8.43. The highest BCUT2D eigenvalue weighted by molar-refractivity contribution is 7.86. The van der Waals surface area contributed by atoms with Crippen molar-refractivity contribution in [1.82, 2.24) is 8.61 Å². The first kappa shape index (κ1) is 17.5. The van der Waals surface area contributed by atoms with E-state index in [4.69, 9.17) is 14.2 Å². The lowest BCUT2D eigenvalue weighted by molar-refractivity contribution is 0.0483. The Morgan fingerprint density at radius 2 is 1.91 bits per heavy atom. The summed E-state index contributed by atoms with van der Waals surface area (Å²) in [6.07, 6.45) is 0. The summed E-state index contributed by atoms with van der Waals surface area (Å²) in [6, 6.07) is 4.96. The third kappa shape index (κ3) is 3.92. The molecule has 0 amide bonds. The van der Waals surface area contributed by atoms with Gasteiger partial charge in [-0.2, -0.15) is 17.0 Å². The summed E-state index contributed by atoms with van der Waals surface area (Å²) in [6.45, 7) is 0.783. The Morgan fingerprint density at radius 3 is 2.61 bits per heavy atom. The molecule has 0 N–H and O–H groups in total. The Hall–Kier alpha value is -1.84. The van der Waals surface area contributed by atoms with Gasteiger partial charge in [0.05, 0.1) is 0 Å². The monoisotopic (exact) mass is 344 g/mol. The van der Waals surface area contributed by atoms with Gasteiger partial charge in [0.1, 0.15) is 25.4 Å². The van der Waals surface area contributed by atoms with E-state index >= 15 is 0 Å². The second-order valence-electron chi connectivity index (χ2n) is 5.08. The molecule has 0 saturated heterocycles. The van der Waals surface area contributed by atoms with E-state index in [0.29, 0.717) is 24.7 Å². The van der Waals surface area contributed by atoms with Gasteiger partial charge in [-0.05, 0) is 12.1 Å². The molecule has 0 atom stereocenters. The van der Waals surface area contributed by atoms with E-state index < -0.39 is 16.2 Å². The number of benzene rings is 1. The van der Waals surface area contributed by atoms with E-state index in [-0.39, 0.29) is 18.7 Å². The van der Waals surface area contributed by atoms with Crippen molar-refractivity contribution in [3.8, 4) is 11.5 Å². The van der Waals surface area contributed by atoms with E-state index in [1.165, 1.54) is 21.1 Å². The lowest BCUT2D eigenvalue weighted by Crippen LogP contribution is -2.39. The molecule has 1 aliphatic rings. The Bertz CT molecular complexity index is 674. The standard InChI is InChI=1S/C14H20N2O6S/c1-15(2)23(18,19)16(3)7-8-22-14(17)11-5-4-6-12-13(11)21-10-9-20-12/h4-6H,7-10H2,1-3H3. The van der Waals surface area contributed by atoms with Crippen LogP contribution in [0, 0.1) is 0 Å². The Kier molecular flexibility index (Phi) is 5.45. The van der Waals surface area contributed by atoms with Crippen molar-refractivity contribution in [3.63, 3.8) is 0 Å². The molecule has 128 valence electrons. The molecule has 0 radical (unpaired) electrons. The number of esters is 1. The van der Waals surface area contributed by atoms with E-state index in [0.717, 1.165) is 8.61 Å². The van der Waals surface area contributed by atoms with Crippen LogP contribution in [-0.4, -0.2) is 70.5 Å². The average Bonchev–Trinajstić information content (AvgIpc) is 2.53. The number of rotatable bonds is 6. The van der Waals surface area contributed by atoms with Crippen LogP contribution < -0.4 is 9.47 Å². The third-order valence-corrected chi connectivity index (χ3v) is 5.17. The van der Waals surface area contributed by atoms with Crippen LogP contribution in [0.4, 0.5) is 0 Å². The minimum Gasteiger partial charge on any atom is -0.486 e. The number of hydrogen-bond acceptors (Lipinski definition) is 6. The molecular formula is C14H20N2O6S. The van der Waals surface area contributed by atoms with Gasteiger partial charge in [0.2, 0.25) is 0 Å². The topological polar surface area (TPSA) is 85.4 Å². The molecule has 1 aromatic carbocycles. The average molecular weight is 344 g/mol. The molecule has 0 unspecified atom stereocenters. The van der Waals surface area contributed by atoms with E-state index in [1.807, 2.05) is 0 Å². The van der Waals surface area contributed by atoms with Crippen molar-refractivity contribution in [2.24, 2.45) is 0 Å². The number of para-hydroxylation sites is 1. The Balaban J connectivity index is 1.96. The van der Waals surface area contributed by atoms with Crippen molar-refractivity contribution >= 4 is 16.2 Å². The largest absolute Gasteiger partial charge is 0.486 e. The SMILES string of the molecule is CN(C)S(=O)(=O)N(C)CCOC(=O)c1cccc2c1OCCO2. The summed E-state index contributed by atoms with van der Waals surface area (Å²) in [5.41, 5.74) is 0.264. The van der Waals surface area contributed by atoms with Gasteiger partial charge in [-0.3, -0.25) is 0 Å². The number of fused-ring (bicyclic) bond motifs is 1. The molecule has 0 fully saturated rings. The van der Waals surface area contributed by atoms with Crippen LogP contribution in [0.15, 0.2) is 18.2 Å². The predicted molar refractivity (Wildman–Crippen MR) is 83.0 cm³/mol. The van der Waals surface area contributed by atoms with Crippen molar-refractivity contribution in [3.05, 3.63) is 23.8 Å². The highest BCUT2D eigenvalue weighted by Gasteiger charge is 2.23. The van der Waals surface area contributed by atoms with Gasteiger partial charge in [0.15, 0.2) is 11.5 Å². The maximum atomic E-state index is 12.1. The minimum atomic E-state index is -3.52. The van der Waals surface area contributed by atoms with Gasteiger partial charge in [-0.1, -0.05) is 6.07 Å². The van der Waals surface area contributed by atoms with Gasteiger partial charge >= 0.3 is 5.97 Å². The number of ether oxygens (including phenoxy) is 3. The van der Waals surface area contributed by atoms with Gasteiger partial charge in [0, 0.05) is 27.7 Å². The minimum absolute atomic E-state index is 0.0542. The molecule has 0 aromatic heterocycles. The molecule has 2 rings (SSSR count). The summed E-state index contributed by atoms with van der Waals surface area (Å²) in [7, 11) is 0.770. The predicted octanol–water partition coefficient (Wildman–Crippen LogP) is 0.353. The first-order valence-electron chi connectivity index (χ1n) is 7.03. The van der Waals surface area contributed by atoms with Crippen LogP contribution in [0.2, 0.25) is 0 Å². The number of carbonyl (C=O) groups is 1. The quantitative estimate of drug-likeness (QED) is 0.693. The zero-order valence-electron chi connectivity index (χ0n) is 13.3.